The fourth-order valence-corrected chi connectivity index (χ4v) is 5.21. The van der Waals surface area contributed by atoms with Gasteiger partial charge in [-0.05, 0) is 97.2 Å². The van der Waals surface area contributed by atoms with Crippen molar-refractivity contribution in [2.75, 3.05) is 0 Å². The van der Waals surface area contributed by atoms with E-state index in [1.54, 1.807) is 0 Å². The Hall–Kier alpha value is -2.06. The molecule has 4 nitrogen and oxygen atoms in total. The van der Waals surface area contributed by atoms with Crippen LogP contribution in [0.5, 0.6) is 5.75 Å². The maximum atomic E-state index is 12.4. The molecule has 3 aromatic carbocycles. The summed E-state index contributed by atoms with van der Waals surface area (Å²) in [6.07, 6.45) is 1.83. The maximum absolute atomic E-state index is 12.4. The zero-order valence-electron chi connectivity index (χ0n) is 15.9. The number of hydrogen-bond donors (Lipinski definition) is 1. The van der Waals surface area contributed by atoms with Crippen molar-refractivity contribution in [3.63, 3.8) is 0 Å². The SMILES string of the molecule is O=C1NC(=Nc2ccccc2)S/C1=C\c1cc(Br)c(OCc2ccc(Cl)cc2)c(Br)c1. The first-order valence-corrected chi connectivity index (χ1v) is 12.0. The first-order chi connectivity index (χ1) is 15.0. The fourth-order valence-electron chi connectivity index (χ4n) is 2.79. The Bertz CT molecular complexity index is 1160. The molecule has 1 aliphatic heterocycles. The van der Waals surface area contributed by atoms with Gasteiger partial charge >= 0.3 is 0 Å². The number of hydrogen-bond acceptors (Lipinski definition) is 4. The van der Waals surface area contributed by atoms with Crippen molar-refractivity contribution in [2.24, 2.45) is 4.99 Å². The molecule has 3 aromatic rings. The van der Waals surface area contributed by atoms with E-state index in [4.69, 9.17) is 16.3 Å². The van der Waals surface area contributed by atoms with E-state index < -0.39 is 0 Å². The van der Waals surface area contributed by atoms with Gasteiger partial charge in [-0.2, -0.15) is 0 Å². The van der Waals surface area contributed by atoms with Crippen molar-refractivity contribution in [3.05, 3.63) is 96.7 Å². The highest BCUT2D eigenvalue weighted by atomic mass is 79.9. The molecule has 156 valence electrons. The quantitative estimate of drug-likeness (QED) is 0.323. The van der Waals surface area contributed by atoms with E-state index in [-0.39, 0.29) is 5.91 Å². The van der Waals surface area contributed by atoms with Crippen LogP contribution < -0.4 is 10.1 Å². The minimum atomic E-state index is -0.171. The highest BCUT2D eigenvalue weighted by Crippen LogP contribution is 2.37. The predicted molar refractivity (Wildman–Crippen MR) is 135 cm³/mol. The van der Waals surface area contributed by atoms with Crippen LogP contribution in [0, 0.1) is 0 Å². The van der Waals surface area contributed by atoms with Crippen molar-refractivity contribution >= 4 is 78.1 Å². The third kappa shape index (κ3) is 5.80. The van der Waals surface area contributed by atoms with Crippen LogP contribution in [-0.4, -0.2) is 11.1 Å². The molecule has 0 aliphatic carbocycles. The number of nitrogens with zero attached hydrogens (tertiary/aromatic N) is 1. The molecule has 0 aromatic heterocycles. The summed E-state index contributed by atoms with van der Waals surface area (Å²) in [6.45, 7) is 0.409. The summed E-state index contributed by atoms with van der Waals surface area (Å²) >= 11 is 14.4. The molecule has 0 radical (unpaired) electrons. The highest BCUT2D eigenvalue weighted by Gasteiger charge is 2.24. The normalized spacial score (nSPS) is 16.0. The summed E-state index contributed by atoms with van der Waals surface area (Å²) in [4.78, 5) is 17.4. The van der Waals surface area contributed by atoms with E-state index in [0.717, 1.165) is 25.8 Å². The lowest BCUT2D eigenvalue weighted by Gasteiger charge is -2.11. The topological polar surface area (TPSA) is 50.7 Å². The molecule has 1 fully saturated rings. The number of halogens is 3. The summed E-state index contributed by atoms with van der Waals surface area (Å²) in [6, 6.07) is 20.8. The molecule has 8 heteroatoms. The Morgan fingerprint density at radius 1 is 1.03 bits per heavy atom. The Labute approximate surface area is 206 Å². The number of nitrogens with one attached hydrogen (secondary N) is 1. The first-order valence-electron chi connectivity index (χ1n) is 9.19. The third-order valence-corrected chi connectivity index (χ3v) is 6.59. The molecule has 0 saturated carbocycles. The smallest absolute Gasteiger partial charge is 0.264 e. The molecular weight excluding hydrogens is 564 g/mol. The third-order valence-electron chi connectivity index (χ3n) is 4.25. The maximum Gasteiger partial charge on any atom is 0.264 e. The van der Waals surface area contributed by atoms with Gasteiger partial charge in [0, 0.05) is 5.02 Å². The molecule has 1 N–H and O–H groups in total. The van der Waals surface area contributed by atoms with Crippen molar-refractivity contribution in [1.82, 2.24) is 5.32 Å². The van der Waals surface area contributed by atoms with Crippen LogP contribution in [0.25, 0.3) is 6.08 Å². The first kappa shape index (κ1) is 22.1. The Morgan fingerprint density at radius 2 is 1.71 bits per heavy atom. The van der Waals surface area contributed by atoms with Crippen LogP contribution in [-0.2, 0) is 11.4 Å². The highest BCUT2D eigenvalue weighted by molar-refractivity contribution is 9.11. The van der Waals surface area contributed by atoms with Gasteiger partial charge in [0.25, 0.3) is 5.91 Å². The summed E-state index contributed by atoms with van der Waals surface area (Å²) in [5.41, 5.74) is 2.66. The van der Waals surface area contributed by atoms with Gasteiger partial charge in [-0.25, -0.2) is 4.99 Å². The van der Waals surface area contributed by atoms with Crippen LogP contribution in [0.4, 0.5) is 5.69 Å². The number of carbonyl (C=O) groups is 1. The zero-order chi connectivity index (χ0) is 21.8. The number of amidine groups is 1. The van der Waals surface area contributed by atoms with Gasteiger partial charge in [0.1, 0.15) is 12.4 Å². The van der Waals surface area contributed by atoms with Gasteiger partial charge in [0.15, 0.2) is 5.17 Å². The van der Waals surface area contributed by atoms with Gasteiger partial charge in [0.05, 0.1) is 19.5 Å². The van der Waals surface area contributed by atoms with Gasteiger partial charge in [-0.15, -0.1) is 0 Å². The molecule has 31 heavy (non-hydrogen) atoms. The van der Waals surface area contributed by atoms with Crippen molar-refractivity contribution in [1.29, 1.82) is 0 Å². The van der Waals surface area contributed by atoms with Gasteiger partial charge in [0.2, 0.25) is 0 Å². The average Bonchev–Trinajstić information content (AvgIpc) is 3.08. The summed E-state index contributed by atoms with van der Waals surface area (Å²) in [5, 5.41) is 4.05. The van der Waals surface area contributed by atoms with E-state index in [1.807, 2.05) is 72.8 Å². The standard InChI is InChI=1S/C23H15Br2ClN2O2S/c24-18-10-15(11-19(25)21(18)30-13-14-6-8-16(26)9-7-14)12-20-22(29)28-23(31-20)27-17-4-2-1-3-5-17/h1-12H,13H2,(H,27,28,29)/b20-12-. The molecule has 1 saturated heterocycles. The molecule has 1 heterocycles. The molecule has 0 spiro atoms. The van der Waals surface area contributed by atoms with E-state index in [9.17, 15) is 4.79 Å². The van der Waals surface area contributed by atoms with Crippen LogP contribution in [0.1, 0.15) is 11.1 Å². The summed E-state index contributed by atoms with van der Waals surface area (Å²) < 4.78 is 7.53. The lowest BCUT2D eigenvalue weighted by atomic mass is 10.2. The van der Waals surface area contributed by atoms with Crippen LogP contribution in [0.15, 0.2) is 85.6 Å². The molecule has 4 rings (SSSR count). The zero-order valence-corrected chi connectivity index (χ0v) is 20.7. The second-order valence-corrected chi connectivity index (χ2v) is 9.72. The fraction of sp³-hybridized carbons (Fsp3) is 0.0435. The minimum Gasteiger partial charge on any atom is -0.487 e. The Kier molecular flexibility index (Phi) is 7.17. The molecule has 1 aliphatic rings. The largest absolute Gasteiger partial charge is 0.487 e. The molecule has 1 amide bonds. The Morgan fingerprint density at radius 3 is 2.39 bits per heavy atom. The second-order valence-electron chi connectivity index (χ2n) is 6.55. The van der Waals surface area contributed by atoms with E-state index in [2.05, 4.69) is 42.2 Å². The summed E-state index contributed by atoms with van der Waals surface area (Å²) in [7, 11) is 0. The minimum absolute atomic E-state index is 0.171. The lowest BCUT2D eigenvalue weighted by molar-refractivity contribution is -0.115. The van der Waals surface area contributed by atoms with Gasteiger partial charge < -0.3 is 10.1 Å². The van der Waals surface area contributed by atoms with Gasteiger partial charge in [-0.3, -0.25) is 4.79 Å². The summed E-state index contributed by atoms with van der Waals surface area (Å²) in [5.74, 6) is 0.516. The van der Waals surface area contributed by atoms with Crippen LogP contribution in [0.2, 0.25) is 5.02 Å². The van der Waals surface area contributed by atoms with Crippen molar-refractivity contribution < 1.29 is 9.53 Å². The predicted octanol–water partition coefficient (Wildman–Crippen LogP) is 7.34. The Balaban J connectivity index is 1.50. The molecular formula is C23H15Br2ClN2O2S. The number of para-hydroxylation sites is 1. The van der Waals surface area contributed by atoms with Crippen molar-refractivity contribution in [3.8, 4) is 5.75 Å². The van der Waals surface area contributed by atoms with Crippen LogP contribution >= 0.6 is 55.2 Å². The number of thioether (sulfide) groups is 1. The number of benzene rings is 3. The van der Waals surface area contributed by atoms with E-state index in [0.29, 0.717) is 27.5 Å². The number of carbonyl (C=O) groups excluding carboxylic acids is 1. The monoisotopic (exact) mass is 576 g/mol. The number of amides is 1. The second kappa shape index (κ2) is 10.0. The number of ether oxygens (including phenoxy) is 1. The van der Waals surface area contributed by atoms with Crippen LogP contribution in [0.3, 0.4) is 0 Å². The van der Waals surface area contributed by atoms with Gasteiger partial charge in [-0.1, -0.05) is 41.9 Å². The molecule has 0 unspecified atom stereocenters. The average molecular weight is 579 g/mol. The van der Waals surface area contributed by atoms with Crippen molar-refractivity contribution in [2.45, 2.75) is 6.61 Å². The van der Waals surface area contributed by atoms with E-state index in [1.165, 1.54) is 11.8 Å². The number of aliphatic imine (C=N–C) groups is 1. The molecule has 0 atom stereocenters. The lowest BCUT2D eigenvalue weighted by Crippen LogP contribution is -2.19. The molecule has 0 bridgehead atoms. The van der Waals surface area contributed by atoms with E-state index >= 15 is 0 Å². The number of rotatable bonds is 5.